The molecule has 1 aromatic heterocycles. The summed E-state index contributed by atoms with van der Waals surface area (Å²) < 4.78 is 2.65. The van der Waals surface area contributed by atoms with Crippen LogP contribution in [0.3, 0.4) is 0 Å². The van der Waals surface area contributed by atoms with Gasteiger partial charge in [0.2, 0.25) is 0 Å². The van der Waals surface area contributed by atoms with Gasteiger partial charge in [0.1, 0.15) is 0 Å². The van der Waals surface area contributed by atoms with Gasteiger partial charge < -0.3 is 0 Å². The molecule has 0 fully saturated rings. The smallest absolute Gasteiger partial charge is 0.0420 e. The average Bonchev–Trinajstić information content (AvgIpc) is 2.56. The van der Waals surface area contributed by atoms with Crippen molar-refractivity contribution >= 4 is 43.1 Å². The molecular weight excluding hydrogens is 236 g/mol. The monoisotopic (exact) mass is 246 g/mol. The van der Waals surface area contributed by atoms with Gasteiger partial charge in [-0.05, 0) is 37.6 Å². The second-order valence-corrected chi connectivity index (χ2v) is 5.69. The van der Waals surface area contributed by atoms with Crippen LogP contribution in [0.5, 0.6) is 0 Å². The zero-order chi connectivity index (χ0) is 11.3. The Kier molecular flexibility index (Phi) is 2.20. The lowest BCUT2D eigenvalue weighted by molar-refractivity contribution is 1.44. The highest BCUT2D eigenvalue weighted by Crippen LogP contribution is 2.37. The molecule has 3 aromatic rings. The largest absolute Gasteiger partial charge is 0.135 e. The maximum atomic E-state index is 6.02. The van der Waals surface area contributed by atoms with Gasteiger partial charge in [-0.1, -0.05) is 29.3 Å². The van der Waals surface area contributed by atoms with Crippen molar-refractivity contribution in [2.24, 2.45) is 0 Å². The van der Waals surface area contributed by atoms with E-state index in [0.29, 0.717) is 0 Å². The molecule has 0 N–H and O–H groups in total. The molecule has 0 radical (unpaired) electrons. The minimum Gasteiger partial charge on any atom is -0.135 e. The number of fused-ring (bicyclic) bond motifs is 3. The van der Waals surface area contributed by atoms with Gasteiger partial charge in [-0.2, -0.15) is 0 Å². The maximum absolute atomic E-state index is 6.02. The van der Waals surface area contributed by atoms with Crippen molar-refractivity contribution in [1.82, 2.24) is 0 Å². The molecule has 0 aliphatic heterocycles. The molecule has 0 amide bonds. The number of hydrogen-bond acceptors (Lipinski definition) is 1. The maximum Gasteiger partial charge on any atom is 0.0420 e. The molecule has 80 valence electrons. The normalized spacial score (nSPS) is 11.4. The minimum absolute atomic E-state index is 0.813. The van der Waals surface area contributed by atoms with Crippen LogP contribution >= 0.6 is 22.9 Å². The second-order valence-electron chi connectivity index (χ2n) is 4.20. The summed E-state index contributed by atoms with van der Waals surface area (Å²) in [7, 11) is 0. The molecule has 0 aliphatic rings. The third kappa shape index (κ3) is 1.43. The summed E-state index contributed by atoms with van der Waals surface area (Å²) in [6.45, 7) is 4.32. The first kappa shape index (κ1) is 10.1. The second kappa shape index (κ2) is 3.47. The number of halogens is 1. The van der Waals surface area contributed by atoms with E-state index in [4.69, 9.17) is 11.6 Å². The molecule has 0 bridgehead atoms. The van der Waals surface area contributed by atoms with E-state index in [1.807, 2.05) is 17.4 Å². The van der Waals surface area contributed by atoms with E-state index in [9.17, 15) is 0 Å². The van der Waals surface area contributed by atoms with E-state index in [-0.39, 0.29) is 0 Å². The predicted molar refractivity (Wildman–Crippen MR) is 73.8 cm³/mol. The van der Waals surface area contributed by atoms with Crippen LogP contribution in [0.4, 0.5) is 0 Å². The Morgan fingerprint density at radius 3 is 2.62 bits per heavy atom. The Bertz CT molecular complexity index is 695. The molecule has 0 atom stereocenters. The fourth-order valence-electron chi connectivity index (χ4n) is 2.20. The van der Waals surface area contributed by atoms with Crippen molar-refractivity contribution in [2.75, 3.05) is 0 Å². The number of benzene rings is 2. The number of hydrogen-bond donors (Lipinski definition) is 0. The van der Waals surface area contributed by atoms with E-state index in [0.717, 1.165) is 5.02 Å². The lowest BCUT2D eigenvalue weighted by Gasteiger charge is -1.98. The summed E-state index contributed by atoms with van der Waals surface area (Å²) in [6, 6.07) is 10.6. The SMILES string of the molecule is Cc1cc(C)c2sc3cc(Cl)ccc3c2c1. The first-order valence-corrected chi connectivity index (χ1v) is 6.43. The Labute approximate surface area is 103 Å². The van der Waals surface area contributed by atoms with Gasteiger partial charge >= 0.3 is 0 Å². The van der Waals surface area contributed by atoms with Crippen molar-refractivity contribution in [3.63, 3.8) is 0 Å². The fourth-order valence-corrected chi connectivity index (χ4v) is 3.63. The third-order valence-electron chi connectivity index (χ3n) is 2.86. The molecule has 0 unspecified atom stereocenters. The van der Waals surface area contributed by atoms with Gasteiger partial charge in [0.25, 0.3) is 0 Å². The van der Waals surface area contributed by atoms with E-state index >= 15 is 0 Å². The molecule has 2 aromatic carbocycles. The molecule has 1 heterocycles. The van der Waals surface area contributed by atoms with Crippen LogP contribution < -0.4 is 0 Å². The summed E-state index contributed by atoms with van der Waals surface area (Å²) in [5.74, 6) is 0. The topological polar surface area (TPSA) is 0 Å². The molecular formula is C14H11ClS. The highest BCUT2D eigenvalue weighted by molar-refractivity contribution is 7.26. The summed E-state index contributed by atoms with van der Waals surface area (Å²) >= 11 is 7.85. The summed E-state index contributed by atoms with van der Waals surface area (Å²) in [5.41, 5.74) is 2.67. The zero-order valence-electron chi connectivity index (χ0n) is 9.17. The molecule has 16 heavy (non-hydrogen) atoms. The zero-order valence-corrected chi connectivity index (χ0v) is 10.7. The van der Waals surface area contributed by atoms with Gasteiger partial charge in [-0.25, -0.2) is 0 Å². The lowest BCUT2D eigenvalue weighted by Crippen LogP contribution is -1.76. The first-order chi connectivity index (χ1) is 7.65. The quantitative estimate of drug-likeness (QED) is 0.503. The van der Waals surface area contributed by atoms with Crippen molar-refractivity contribution in [3.05, 3.63) is 46.5 Å². The summed E-state index contributed by atoms with van der Waals surface area (Å²) in [4.78, 5) is 0. The van der Waals surface area contributed by atoms with Gasteiger partial charge in [0.05, 0.1) is 0 Å². The lowest BCUT2D eigenvalue weighted by atomic mass is 10.1. The van der Waals surface area contributed by atoms with Gasteiger partial charge in [0.15, 0.2) is 0 Å². The highest BCUT2D eigenvalue weighted by atomic mass is 35.5. The van der Waals surface area contributed by atoms with Crippen molar-refractivity contribution in [1.29, 1.82) is 0 Å². The Balaban J connectivity index is 2.55. The van der Waals surface area contributed by atoms with Crippen LogP contribution in [0.25, 0.3) is 20.2 Å². The molecule has 0 aliphatic carbocycles. The van der Waals surface area contributed by atoms with E-state index in [2.05, 4.69) is 38.1 Å². The third-order valence-corrected chi connectivity index (χ3v) is 4.40. The predicted octanol–water partition coefficient (Wildman–Crippen LogP) is 5.32. The van der Waals surface area contributed by atoms with E-state index in [1.165, 1.54) is 31.3 Å². The van der Waals surface area contributed by atoms with Gasteiger partial charge in [-0.15, -0.1) is 11.3 Å². The molecule has 0 saturated heterocycles. The van der Waals surface area contributed by atoms with Crippen LogP contribution in [0.2, 0.25) is 5.02 Å². The van der Waals surface area contributed by atoms with Gasteiger partial charge in [-0.3, -0.25) is 0 Å². The molecule has 0 spiro atoms. The minimum atomic E-state index is 0.813. The highest BCUT2D eigenvalue weighted by Gasteiger charge is 2.07. The molecule has 2 heteroatoms. The Morgan fingerprint density at radius 1 is 1.00 bits per heavy atom. The number of aryl methyl sites for hydroxylation is 2. The summed E-state index contributed by atoms with van der Waals surface area (Å²) in [5, 5.41) is 3.48. The van der Waals surface area contributed by atoms with Gasteiger partial charge in [0, 0.05) is 25.2 Å². The first-order valence-electron chi connectivity index (χ1n) is 5.24. The van der Waals surface area contributed by atoms with Crippen LogP contribution in [0.15, 0.2) is 30.3 Å². The average molecular weight is 247 g/mol. The van der Waals surface area contributed by atoms with Crippen LogP contribution in [-0.2, 0) is 0 Å². The van der Waals surface area contributed by atoms with Crippen molar-refractivity contribution < 1.29 is 0 Å². The van der Waals surface area contributed by atoms with E-state index < -0.39 is 0 Å². The van der Waals surface area contributed by atoms with Crippen LogP contribution in [0.1, 0.15) is 11.1 Å². The molecule has 3 rings (SSSR count). The van der Waals surface area contributed by atoms with Crippen LogP contribution in [0, 0.1) is 13.8 Å². The summed E-state index contributed by atoms with van der Waals surface area (Å²) in [6.07, 6.45) is 0. The van der Waals surface area contributed by atoms with Crippen molar-refractivity contribution in [2.45, 2.75) is 13.8 Å². The number of rotatable bonds is 0. The molecule has 0 saturated carbocycles. The van der Waals surface area contributed by atoms with Crippen molar-refractivity contribution in [3.8, 4) is 0 Å². The number of thiophene rings is 1. The van der Waals surface area contributed by atoms with Crippen LogP contribution in [-0.4, -0.2) is 0 Å². The van der Waals surface area contributed by atoms with E-state index in [1.54, 1.807) is 0 Å². The fraction of sp³-hybridized carbons (Fsp3) is 0.143. The Morgan fingerprint density at radius 2 is 1.81 bits per heavy atom. The molecule has 0 nitrogen and oxygen atoms in total. The Hall–Kier alpha value is -1.05. The standard InChI is InChI=1S/C14H11ClS/c1-8-5-9(2)14-12(6-8)11-4-3-10(15)7-13(11)16-14/h3-7H,1-2H3.